The van der Waals surface area contributed by atoms with Crippen LogP contribution < -0.4 is 0 Å². The van der Waals surface area contributed by atoms with Crippen molar-refractivity contribution in [3.63, 3.8) is 0 Å². The third-order valence-corrected chi connectivity index (χ3v) is 1.59. The van der Waals surface area contributed by atoms with Gasteiger partial charge in [-0.05, 0) is 12.8 Å². The lowest BCUT2D eigenvalue weighted by Gasteiger charge is -2.11. The quantitative estimate of drug-likeness (QED) is 0.651. The van der Waals surface area contributed by atoms with Crippen molar-refractivity contribution in [2.45, 2.75) is 31.8 Å². The zero-order valence-electron chi connectivity index (χ0n) is 7.12. The second-order valence-electron chi connectivity index (χ2n) is 2.49. The fourth-order valence-electron chi connectivity index (χ4n) is 0.890. The van der Waals surface area contributed by atoms with Crippen LogP contribution in [0.15, 0.2) is 0 Å². The van der Waals surface area contributed by atoms with E-state index in [4.69, 9.17) is 15.1 Å². The molecule has 4 heteroatoms. The molecule has 0 aliphatic rings. The zero-order valence-corrected chi connectivity index (χ0v) is 7.12. The van der Waals surface area contributed by atoms with Gasteiger partial charge in [-0.15, -0.1) is 0 Å². The normalized spacial score (nSPS) is 12.0. The maximum Gasteiger partial charge on any atom is 0.303 e. The van der Waals surface area contributed by atoms with Gasteiger partial charge in [-0.3, -0.25) is 4.79 Å². The van der Waals surface area contributed by atoms with Gasteiger partial charge in [-0.1, -0.05) is 0 Å². The van der Waals surface area contributed by atoms with Crippen molar-refractivity contribution in [1.29, 1.82) is 5.26 Å². The van der Waals surface area contributed by atoms with Crippen molar-refractivity contribution in [2.75, 3.05) is 7.11 Å². The van der Waals surface area contributed by atoms with Crippen LogP contribution in [0.3, 0.4) is 0 Å². The zero-order chi connectivity index (χ0) is 9.40. The first-order chi connectivity index (χ1) is 5.70. The number of aliphatic carboxylic acids is 1. The van der Waals surface area contributed by atoms with Crippen LogP contribution in [0.5, 0.6) is 0 Å². The van der Waals surface area contributed by atoms with Gasteiger partial charge >= 0.3 is 5.97 Å². The first-order valence-electron chi connectivity index (χ1n) is 3.82. The first-order valence-corrected chi connectivity index (χ1v) is 3.82. The van der Waals surface area contributed by atoms with E-state index >= 15 is 0 Å². The number of carboxylic acids is 1. The number of hydrogen-bond donors (Lipinski definition) is 1. The van der Waals surface area contributed by atoms with Gasteiger partial charge in [0.2, 0.25) is 0 Å². The lowest BCUT2D eigenvalue weighted by atomic mass is 10.1. The molecule has 1 N–H and O–H groups in total. The Morgan fingerprint density at radius 3 is 2.75 bits per heavy atom. The van der Waals surface area contributed by atoms with E-state index in [1.807, 2.05) is 6.07 Å². The van der Waals surface area contributed by atoms with Crippen LogP contribution >= 0.6 is 0 Å². The maximum absolute atomic E-state index is 10.2. The van der Waals surface area contributed by atoms with E-state index in [2.05, 4.69) is 0 Å². The van der Waals surface area contributed by atoms with Crippen LogP contribution in [0.1, 0.15) is 25.7 Å². The summed E-state index contributed by atoms with van der Waals surface area (Å²) in [6.45, 7) is 0. The highest BCUT2D eigenvalue weighted by Crippen LogP contribution is 2.07. The summed E-state index contributed by atoms with van der Waals surface area (Å²) >= 11 is 0. The molecule has 1 atom stereocenters. The standard InChI is InChI=1S/C8H13NO3/c1-12-7(3-2-6-9)4-5-8(10)11/h7H,2-5H2,1H3,(H,10,11). The Morgan fingerprint density at radius 1 is 1.67 bits per heavy atom. The third kappa shape index (κ3) is 5.69. The Morgan fingerprint density at radius 2 is 2.33 bits per heavy atom. The monoisotopic (exact) mass is 171 g/mol. The predicted molar refractivity (Wildman–Crippen MR) is 42.5 cm³/mol. The molecule has 0 amide bonds. The van der Waals surface area contributed by atoms with Gasteiger partial charge < -0.3 is 9.84 Å². The molecule has 0 aromatic carbocycles. The van der Waals surface area contributed by atoms with E-state index in [1.54, 1.807) is 0 Å². The molecule has 0 aliphatic heterocycles. The Kier molecular flexibility index (Phi) is 6.02. The van der Waals surface area contributed by atoms with E-state index in [0.29, 0.717) is 19.3 Å². The molecule has 0 heterocycles. The molecule has 0 aromatic heterocycles. The smallest absolute Gasteiger partial charge is 0.303 e. The molecular weight excluding hydrogens is 158 g/mol. The van der Waals surface area contributed by atoms with Crippen LogP contribution in [0.25, 0.3) is 0 Å². The van der Waals surface area contributed by atoms with Crippen LogP contribution in [0, 0.1) is 11.3 Å². The van der Waals surface area contributed by atoms with Crippen LogP contribution in [-0.4, -0.2) is 24.3 Å². The lowest BCUT2D eigenvalue weighted by molar-refractivity contribution is -0.137. The number of ether oxygens (including phenoxy) is 1. The molecule has 0 bridgehead atoms. The molecule has 0 saturated heterocycles. The highest BCUT2D eigenvalue weighted by atomic mass is 16.5. The Labute approximate surface area is 71.8 Å². The van der Waals surface area contributed by atoms with Gasteiger partial charge in [-0.2, -0.15) is 5.26 Å². The molecule has 0 rings (SSSR count). The number of carbonyl (C=O) groups is 1. The maximum atomic E-state index is 10.2. The second kappa shape index (κ2) is 6.62. The molecule has 0 spiro atoms. The number of rotatable bonds is 6. The fraction of sp³-hybridized carbons (Fsp3) is 0.750. The van der Waals surface area contributed by atoms with Crippen LogP contribution in [0.4, 0.5) is 0 Å². The van der Waals surface area contributed by atoms with E-state index < -0.39 is 5.97 Å². The van der Waals surface area contributed by atoms with E-state index in [-0.39, 0.29) is 12.5 Å². The van der Waals surface area contributed by atoms with E-state index in [0.717, 1.165) is 0 Å². The molecule has 0 aliphatic carbocycles. The average Bonchev–Trinajstić information content (AvgIpc) is 2.05. The molecule has 0 radical (unpaired) electrons. The van der Waals surface area contributed by atoms with Crippen molar-refractivity contribution in [1.82, 2.24) is 0 Å². The van der Waals surface area contributed by atoms with E-state index in [1.165, 1.54) is 7.11 Å². The van der Waals surface area contributed by atoms with Crippen LogP contribution in [0.2, 0.25) is 0 Å². The number of methoxy groups -OCH3 is 1. The molecule has 1 unspecified atom stereocenters. The Bertz CT molecular complexity index is 174. The van der Waals surface area contributed by atoms with Gasteiger partial charge in [0.25, 0.3) is 0 Å². The summed E-state index contributed by atoms with van der Waals surface area (Å²) in [5.41, 5.74) is 0. The first kappa shape index (κ1) is 10.9. The summed E-state index contributed by atoms with van der Waals surface area (Å²) in [5, 5.41) is 16.6. The lowest BCUT2D eigenvalue weighted by Crippen LogP contribution is -2.12. The number of nitrogens with zero attached hydrogens (tertiary/aromatic N) is 1. The molecule has 12 heavy (non-hydrogen) atoms. The van der Waals surface area contributed by atoms with Gasteiger partial charge in [0.15, 0.2) is 0 Å². The van der Waals surface area contributed by atoms with Gasteiger partial charge in [0.05, 0.1) is 12.2 Å². The minimum atomic E-state index is -0.825. The topological polar surface area (TPSA) is 70.3 Å². The van der Waals surface area contributed by atoms with Gasteiger partial charge in [0.1, 0.15) is 0 Å². The second-order valence-corrected chi connectivity index (χ2v) is 2.49. The summed E-state index contributed by atoms with van der Waals surface area (Å²) in [5.74, 6) is -0.825. The SMILES string of the molecule is COC(CCC#N)CCC(=O)O. The molecule has 0 saturated carbocycles. The van der Waals surface area contributed by atoms with Crippen molar-refractivity contribution in [3.05, 3.63) is 0 Å². The average molecular weight is 171 g/mol. The number of nitriles is 1. The summed E-state index contributed by atoms with van der Waals surface area (Å²) in [6, 6.07) is 1.99. The predicted octanol–water partition coefficient (Wildman–Crippen LogP) is 1.17. The Balaban J connectivity index is 3.54. The minimum Gasteiger partial charge on any atom is -0.481 e. The highest BCUT2D eigenvalue weighted by Gasteiger charge is 2.08. The largest absolute Gasteiger partial charge is 0.481 e. The summed E-state index contributed by atoms with van der Waals surface area (Å²) in [4.78, 5) is 10.2. The fourth-order valence-corrected chi connectivity index (χ4v) is 0.890. The summed E-state index contributed by atoms with van der Waals surface area (Å²) in [7, 11) is 1.53. The van der Waals surface area contributed by atoms with Crippen LogP contribution in [-0.2, 0) is 9.53 Å². The number of hydrogen-bond acceptors (Lipinski definition) is 3. The molecule has 0 aromatic rings. The third-order valence-electron chi connectivity index (χ3n) is 1.59. The van der Waals surface area contributed by atoms with Crippen molar-refractivity contribution in [2.24, 2.45) is 0 Å². The summed E-state index contributed by atoms with van der Waals surface area (Å²) in [6.07, 6.45) is 1.51. The molecule has 68 valence electrons. The van der Waals surface area contributed by atoms with Gasteiger partial charge in [-0.25, -0.2) is 0 Å². The Hall–Kier alpha value is -1.08. The van der Waals surface area contributed by atoms with Crippen molar-refractivity contribution >= 4 is 5.97 Å². The van der Waals surface area contributed by atoms with Gasteiger partial charge in [0, 0.05) is 20.0 Å². The molecule has 4 nitrogen and oxygen atoms in total. The molecule has 0 fully saturated rings. The highest BCUT2D eigenvalue weighted by molar-refractivity contribution is 5.66. The number of carboxylic acid groups (broad SMARTS) is 1. The van der Waals surface area contributed by atoms with E-state index in [9.17, 15) is 4.79 Å². The van der Waals surface area contributed by atoms with Crippen molar-refractivity contribution < 1.29 is 14.6 Å². The molecular formula is C8H13NO3. The summed E-state index contributed by atoms with van der Waals surface area (Å²) < 4.78 is 4.99. The minimum absolute atomic E-state index is 0.0965. The van der Waals surface area contributed by atoms with Crippen molar-refractivity contribution in [3.8, 4) is 6.07 Å².